The molecule has 1 aromatic carbocycles. The van der Waals surface area contributed by atoms with Crippen molar-refractivity contribution >= 4 is 5.82 Å². The average Bonchev–Trinajstić information content (AvgIpc) is 2.91. The molecule has 1 fully saturated rings. The Hall–Kier alpha value is -2.05. The number of aryl methyl sites for hydroxylation is 1. The predicted molar refractivity (Wildman–Crippen MR) is 87.8 cm³/mol. The quantitative estimate of drug-likeness (QED) is 0.829. The monoisotopic (exact) mass is 317 g/mol. The van der Waals surface area contributed by atoms with Gasteiger partial charge in [-0.15, -0.1) is 0 Å². The Morgan fingerprint density at radius 3 is 2.96 bits per heavy atom. The van der Waals surface area contributed by atoms with E-state index in [9.17, 15) is 0 Å². The molecule has 2 aromatic rings. The van der Waals surface area contributed by atoms with Crippen molar-refractivity contribution in [2.75, 3.05) is 25.6 Å². The third kappa shape index (κ3) is 4.24. The fourth-order valence-electron chi connectivity index (χ4n) is 2.61. The summed E-state index contributed by atoms with van der Waals surface area (Å²) in [6, 6.07) is 9.53. The molecule has 0 saturated carbocycles. The number of nitrogens with two attached hydrogens (primary N) is 1. The van der Waals surface area contributed by atoms with E-state index in [-0.39, 0.29) is 6.29 Å². The molecule has 1 atom stereocenters. The zero-order valence-electron chi connectivity index (χ0n) is 13.4. The van der Waals surface area contributed by atoms with Gasteiger partial charge in [0.1, 0.15) is 18.2 Å². The molecule has 2 N–H and O–H groups in total. The number of benzene rings is 1. The summed E-state index contributed by atoms with van der Waals surface area (Å²) >= 11 is 0. The number of hydrogen-bond acceptors (Lipinski definition) is 5. The van der Waals surface area contributed by atoms with Crippen molar-refractivity contribution in [1.29, 1.82) is 0 Å². The summed E-state index contributed by atoms with van der Waals surface area (Å²) in [4.78, 5) is 0. The van der Waals surface area contributed by atoms with E-state index in [1.165, 1.54) is 0 Å². The summed E-state index contributed by atoms with van der Waals surface area (Å²) in [5.74, 6) is 1.38. The highest BCUT2D eigenvalue weighted by Crippen LogP contribution is 2.20. The van der Waals surface area contributed by atoms with E-state index >= 15 is 0 Å². The molecule has 2 heterocycles. The summed E-state index contributed by atoms with van der Waals surface area (Å²) in [6.07, 6.45) is 3.18. The van der Waals surface area contributed by atoms with Crippen LogP contribution in [-0.2, 0) is 9.47 Å². The molecule has 6 heteroatoms. The minimum Gasteiger partial charge on any atom is -0.491 e. The first-order valence-electron chi connectivity index (χ1n) is 8.01. The minimum absolute atomic E-state index is 0.0782. The normalized spacial score (nSPS) is 18.0. The molecule has 23 heavy (non-hydrogen) atoms. The fraction of sp³-hybridized carbons (Fsp3) is 0.471. The number of ether oxygens (including phenoxy) is 3. The standard InChI is InChI=1S/C17H23N3O3/c1-13-11-16(18)20(19-13)14-5-4-6-15(12-14)21-9-10-23-17-7-2-3-8-22-17/h4-6,11-12,17H,2-3,7-10,18H2,1H3. The van der Waals surface area contributed by atoms with Crippen LogP contribution in [0.2, 0.25) is 0 Å². The lowest BCUT2D eigenvalue weighted by atomic mass is 10.2. The first-order valence-corrected chi connectivity index (χ1v) is 8.01. The molecule has 1 unspecified atom stereocenters. The number of nitrogens with zero attached hydrogens (tertiary/aromatic N) is 2. The van der Waals surface area contributed by atoms with Gasteiger partial charge in [-0.1, -0.05) is 6.07 Å². The molecular weight excluding hydrogens is 294 g/mol. The Labute approximate surface area is 136 Å². The second kappa shape index (κ2) is 7.48. The highest BCUT2D eigenvalue weighted by molar-refractivity contribution is 5.45. The summed E-state index contributed by atoms with van der Waals surface area (Å²) in [5.41, 5.74) is 7.72. The van der Waals surface area contributed by atoms with Crippen LogP contribution in [0.15, 0.2) is 30.3 Å². The second-order valence-electron chi connectivity index (χ2n) is 5.64. The van der Waals surface area contributed by atoms with Gasteiger partial charge in [-0.3, -0.25) is 0 Å². The molecule has 3 rings (SSSR count). The first-order chi connectivity index (χ1) is 11.2. The maximum Gasteiger partial charge on any atom is 0.157 e. The summed E-state index contributed by atoms with van der Waals surface area (Å²) < 4.78 is 18.6. The third-order valence-corrected chi connectivity index (χ3v) is 3.71. The van der Waals surface area contributed by atoms with Crippen LogP contribution in [0.1, 0.15) is 25.0 Å². The Bertz CT molecular complexity index is 636. The van der Waals surface area contributed by atoms with Crippen molar-refractivity contribution in [3.8, 4) is 11.4 Å². The van der Waals surface area contributed by atoms with Gasteiger partial charge in [0.2, 0.25) is 0 Å². The van der Waals surface area contributed by atoms with Crippen LogP contribution in [0.4, 0.5) is 5.82 Å². The van der Waals surface area contributed by atoms with Crippen LogP contribution >= 0.6 is 0 Å². The number of hydrogen-bond donors (Lipinski definition) is 1. The van der Waals surface area contributed by atoms with E-state index in [0.717, 1.165) is 43.0 Å². The molecule has 0 aliphatic carbocycles. The Balaban J connectivity index is 1.52. The van der Waals surface area contributed by atoms with Crippen LogP contribution in [0.3, 0.4) is 0 Å². The molecule has 1 aliphatic heterocycles. The average molecular weight is 317 g/mol. The van der Waals surface area contributed by atoms with Crippen molar-refractivity contribution in [3.63, 3.8) is 0 Å². The van der Waals surface area contributed by atoms with Crippen LogP contribution in [0.25, 0.3) is 5.69 Å². The highest BCUT2D eigenvalue weighted by Gasteiger charge is 2.13. The number of anilines is 1. The van der Waals surface area contributed by atoms with Gasteiger partial charge in [-0.25, -0.2) is 4.68 Å². The van der Waals surface area contributed by atoms with Gasteiger partial charge in [-0.2, -0.15) is 5.10 Å². The molecule has 0 bridgehead atoms. The third-order valence-electron chi connectivity index (χ3n) is 3.71. The van der Waals surface area contributed by atoms with Crippen LogP contribution < -0.4 is 10.5 Å². The SMILES string of the molecule is Cc1cc(N)n(-c2cccc(OCCOC3CCCCO3)c2)n1. The highest BCUT2D eigenvalue weighted by atomic mass is 16.7. The maximum absolute atomic E-state index is 5.95. The van der Waals surface area contributed by atoms with Crippen molar-refractivity contribution in [2.45, 2.75) is 32.5 Å². The fourth-order valence-corrected chi connectivity index (χ4v) is 2.61. The van der Waals surface area contributed by atoms with Crippen molar-refractivity contribution < 1.29 is 14.2 Å². The second-order valence-corrected chi connectivity index (χ2v) is 5.64. The Morgan fingerprint density at radius 2 is 2.22 bits per heavy atom. The van der Waals surface area contributed by atoms with Crippen LogP contribution in [0.5, 0.6) is 5.75 Å². The summed E-state index contributed by atoms with van der Waals surface area (Å²) in [5, 5.41) is 4.37. The zero-order chi connectivity index (χ0) is 16.1. The van der Waals surface area contributed by atoms with Gasteiger partial charge in [0.05, 0.1) is 18.0 Å². The van der Waals surface area contributed by atoms with E-state index in [4.69, 9.17) is 19.9 Å². The maximum atomic E-state index is 5.95. The van der Waals surface area contributed by atoms with Gasteiger partial charge < -0.3 is 19.9 Å². The van der Waals surface area contributed by atoms with Crippen molar-refractivity contribution in [3.05, 3.63) is 36.0 Å². The molecule has 124 valence electrons. The first kappa shape index (κ1) is 15.8. The number of rotatable bonds is 6. The predicted octanol–water partition coefficient (Wildman–Crippen LogP) is 2.68. The molecule has 1 aromatic heterocycles. The number of aromatic nitrogens is 2. The lowest BCUT2D eigenvalue weighted by Gasteiger charge is -2.22. The van der Waals surface area contributed by atoms with Crippen molar-refractivity contribution in [1.82, 2.24) is 9.78 Å². The molecule has 0 spiro atoms. The minimum atomic E-state index is -0.0782. The molecule has 6 nitrogen and oxygen atoms in total. The molecule has 1 saturated heterocycles. The van der Waals surface area contributed by atoms with E-state index in [0.29, 0.717) is 19.0 Å². The van der Waals surface area contributed by atoms with E-state index in [1.54, 1.807) is 4.68 Å². The van der Waals surface area contributed by atoms with Gasteiger partial charge in [0.15, 0.2) is 6.29 Å². The largest absolute Gasteiger partial charge is 0.491 e. The molecule has 1 aliphatic rings. The molecule has 0 radical (unpaired) electrons. The smallest absolute Gasteiger partial charge is 0.157 e. The topological polar surface area (TPSA) is 71.5 Å². The van der Waals surface area contributed by atoms with Crippen LogP contribution in [0, 0.1) is 6.92 Å². The summed E-state index contributed by atoms with van der Waals surface area (Å²) in [6.45, 7) is 3.70. The zero-order valence-corrected chi connectivity index (χ0v) is 13.4. The van der Waals surface area contributed by atoms with E-state index < -0.39 is 0 Å². The van der Waals surface area contributed by atoms with E-state index in [2.05, 4.69) is 5.10 Å². The van der Waals surface area contributed by atoms with Gasteiger partial charge in [-0.05, 0) is 38.3 Å². The van der Waals surface area contributed by atoms with E-state index in [1.807, 2.05) is 37.3 Å². The Morgan fingerprint density at radius 1 is 1.30 bits per heavy atom. The van der Waals surface area contributed by atoms with Gasteiger partial charge >= 0.3 is 0 Å². The lowest BCUT2D eigenvalue weighted by Crippen LogP contribution is -2.24. The lowest BCUT2D eigenvalue weighted by molar-refractivity contribution is -0.165. The molecule has 0 amide bonds. The van der Waals surface area contributed by atoms with Crippen molar-refractivity contribution in [2.24, 2.45) is 0 Å². The molecular formula is C17H23N3O3. The van der Waals surface area contributed by atoms with Gasteiger partial charge in [0, 0.05) is 18.7 Å². The Kier molecular flexibility index (Phi) is 5.15. The summed E-state index contributed by atoms with van der Waals surface area (Å²) in [7, 11) is 0. The van der Waals surface area contributed by atoms with Gasteiger partial charge in [0.25, 0.3) is 0 Å². The van der Waals surface area contributed by atoms with Crippen LogP contribution in [-0.4, -0.2) is 35.9 Å². The number of nitrogen functional groups attached to an aromatic ring is 1.